The Hall–Kier alpha value is -4.24. The minimum Gasteiger partial charge on any atom is -0.508 e. The predicted molar refractivity (Wildman–Crippen MR) is 126 cm³/mol. The van der Waals surface area contributed by atoms with E-state index in [2.05, 4.69) is 16.0 Å². The van der Waals surface area contributed by atoms with Crippen molar-refractivity contribution in [3.63, 3.8) is 0 Å². The molecule has 0 aliphatic rings. The van der Waals surface area contributed by atoms with Gasteiger partial charge in [0.1, 0.15) is 23.9 Å². The normalized spacial score (nSPS) is 13.9. The standard InChI is InChI=1S/C22H31N5O10/c23-13(5-7-17(24)30)19(33)25-14(6-8-18(31)32)20(34)26-15(9-11-1-3-12(29)4-2-11)21(35)27-16(10-28)22(36)37/h1-4,13-16,28-29H,5-10,23H2,(H2,24,30)(H,25,33)(H,26,34)(H,27,35)(H,31,32)(H,36,37). The third kappa shape index (κ3) is 11.4. The highest BCUT2D eigenvalue weighted by molar-refractivity contribution is 5.94. The van der Waals surface area contributed by atoms with Gasteiger partial charge in [0, 0.05) is 19.3 Å². The third-order valence-electron chi connectivity index (χ3n) is 5.12. The van der Waals surface area contributed by atoms with Gasteiger partial charge in [0.15, 0.2) is 0 Å². The zero-order valence-corrected chi connectivity index (χ0v) is 19.8. The molecule has 4 amide bonds. The zero-order chi connectivity index (χ0) is 28.1. The lowest BCUT2D eigenvalue weighted by Crippen LogP contribution is -2.58. The molecular weight excluding hydrogens is 494 g/mol. The van der Waals surface area contributed by atoms with Crippen LogP contribution in [-0.2, 0) is 35.2 Å². The number of aliphatic carboxylic acids is 2. The number of rotatable bonds is 16. The summed E-state index contributed by atoms with van der Waals surface area (Å²) >= 11 is 0. The highest BCUT2D eigenvalue weighted by atomic mass is 16.4. The van der Waals surface area contributed by atoms with Gasteiger partial charge in [0.25, 0.3) is 0 Å². The number of hydrogen-bond acceptors (Lipinski definition) is 9. The molecule has 0 radical (unpaired) electrons. The molecule has 37 heavy (non-hydrogen) atoms. The number of nitrogens with one attached hydrogen (secondary N) is 3. The first-order chi connectivity index (χ1) is 17.3. The maximum Gasteiger partial charge on any atom is 0.328 e. The summed E-state index contributed by atoms with van der Waals surface area (Å²) in [6.07, 6.45) is -1.43. The minimum absolute atomic E-state index is 0.0656. The summed E-state index contributed by atoms with van der Waals surface area (Å²) in [5, 5.41) is 43.5. The maximum absolute atomic E-state index is 13.0. The maximum atomic E-state index is 13.0. The quantitative estimate of drug-likeness (QED) is 0.104. The van der Waals surface area contributed by atoms with E-state index in [-0.39, 0.29) is 31.4 Å². The van der Waals surface area contributed by atoms with Crippen LogP contribution in [0.15, 0.2) is 24.3 Å². The molecule has 15 heteroatoms. The zero-order valence-electron chi connectivity index (χ0n) is 19.8. The van der Waals surface area contributed by atoms with Gasteiger partial charge in [-0.25, -0.2) is 4.79 Å². The van der Waals surface area contributed by atoms with Crippen LogP contribution in [0.1, 0.15) is 31.2 Å². The first kappa shape index (κ1) is 30.8. The lowest BCUT2D eigenvalue weighted by molar-refractivity contribution is -0.143. The molecule has 0 aliphatic carbocycles. The Balaban J connectivity index is 3.12. The summed E-state index contributed by atoms with van der Waals surface area (Å²) in [5.41, 5.74) is 11.2. The molecule has 0 aliphatic heterocycles. The van der Waals surface area contributed by atoms with Crippen LogP contribution in [0.5, 0.6) is 5.75 Å². The number of benzene rings is 1. The van der Waals surface area contributed by atoms with E-state index in [0.29, 0.717) is 5.56 Å². The van der Waals surface area contributed by atoms with E-state index in [1.807, 2.05) is 0 Å². The first-order valence-electron chi connectivity index (χ1n) is 11.1. The Morgan fingerprint density at radius 2 is 1.32 bits per heavy atom. The van der Waals surface area contributed by atoms with Gasteiger partial charge in [0.2, 0.25) is 23.6 Å². The van der Waals surface area contributed by atoms with Gasteiger partial charge in [0.05, 0.1) is 12.6 Å². The molecule has 0 aromatic heterocycles. The average molecular weight is 526 g/mol. The topological polar surface area (TPSA) is 271 Å². The lowest BCUT2D eigenvalue weighted by Gasteiger charge is -2.25. The van der Waals surface area contributed by atoms with E-state index in [1.165, 1.54) is 24.3 Å². The number of amides is 4. The summed E-state index contributed by atoms with van der Waals surface area (Å²) in [5.74, 6) is -6.37. The molecule has 11 N–H and O–H groups in total. The summed E-state index contributed by atoms with van der Waals surface area (Å²) < 4.78 is 0. The van der Waals surface area contributed by atoms with Crippen LogP contribution in [0.25, 0.3) is 0 Å². The van der Waals surface area contributed by atoms with Gasteiger partial charge in [-0.3, -0.25) is 24.0 Å². The van der Waals surface area contributed by atoms with E-state index in [1.54, 1.807) is 0 Å². The van der Waals surface area contributed by atoms with Crippen molar-refractivity contribution in [3.8, 4) is 5.75 Å². The molecule has 4 unspecified atom stereocenters. The van der Waals surface area contributed by atoms with Crippen molar-refractivity contribution in [2.75, 3.05) is 6.61 Å². The number of phenols is 1. The molecule has 0 spiro atoms. The summed E-state index contributed by atoms with van der Waals surface area (Å²) in [4.78, 5) is 71.4. The Labute approximate surface area is 211 Å². The average Bonchev–Trinajstić information content (AvgIpc) is 2.83. The molecule has 1 aromatic carbocycles. The smallest absolute Gasteiger partial charge is 0.328 e. The van der Waals surface area contributed by atoms with Gasteiger partial charge in [-0.05, 0) is 30.5 Å². The molecule has 204 valence electrons. The molecule has 0 fully saturated rings. The van der Waals surface area contributed by atoms with Crippen molar-refractivity contribution in [1.29, 1.82) is 0 Å². The van der Waals surface area contributed by atoms with Gasteiger partial charge in [-0.2, -0.15) is 0 Å². The molecule has 0 saturated carbocycles. The number of carbonyl (C=O) groups excluding carboxylic acids is 4. The second-order valence-electron chi connectivity index (χ2n) is 8.12. The highest BCUT2D eigenvalue weighted by Gasteiger charge is 2.30. The SMILES string of the molecule is NC(=O)CCC(N)C(=O)NC(CCC(=O)O)C(=O)NC(Cc1ccc(O)cc1)C(=O)NC(CO)C(=O)O. The Morgan fingerprint density at radius 1 is 0.784 bits per heavy atom. The number of phenolic OH excluding ortho intramolecular Hbond substituents is 1. The van der Waals surface area contributed by atoms with Crippen molar-refractivity contribution in [1.82, 2.24) is 16.0 Å². The fourth-order valence-corrected chi connectivity index (χ4v) is 3.05. The molecule has 4 atom stereocenters. The number of hydrogen-bond donors (Lipinski definition) is 9. The van der Waals surface area contributed by atoms with Gasteiger partial charge in [-0.1, -0.05) is 12.1 Å². The van der Waals surface area contributed by atoms with Gasteiger partial charge in [-0.15, -0.1) is 0 Å². The summed E-state index contributed by atoms with van der Waals surface area (Å²) in [7, 11) is 0. The largest absolute Gasteiger partial charge is 0.508 e. The van der Waals surface area contributed by atoms with E-state index in [9.17, 15) is 39.0 Å². The fraction of sp³-hybridized carbons (Fsp3) is 0.455. The van der Waals surface area contributed by atoms with Crippen LogP contribution >= 0.6 is 0 Å². The Bertz CT molecular complexity index is 985. The van der Waals surface area contributed by atoms with Crippen LogP contribution in [-0.4, -0.2) is 86.8 Å². The molecule has 0 heterocycles. The number of aliphatic hydroxyl groups excluding tert-OH is 1. The number of carboxylic acid groups (broad SMARTS) is 2. The van der Waals surface area contributed by atoms with Crippen LogP contribution in [0, 0.1) is 0 Å². The van der Waals surface area contributed by atoms with Crippen molar-refractivity contribution in [2.24, 2.45) is 11.5 Å². The second kappa shape index (κ2) is 15.0. The molecule has 0 bridgehead atoms. The van der Waals surface area contributed by atoms with Crippen LogP contribution < -0.4 is 27.4 Å². The van der Waals surface area contributed by atoms with E-state index in [0.717, 1.165) is 0 Å². The number of primary amides is 1. The van der Waals surface area contributed by atoms with Crippen molar-refractivity contribution >= 4 is 35.6 Å². The molecule has 15 nitrogen and oxygen atoms in total. The summed E-state index contributed by atoms with van der Waals surface area (Å²) in [6.45, 7) is -0.929. The van der Waals surface area contributed by atoms with Crippen molar-refractivity contribution < 1.29 is 49.2 Å². The number of carbonyl (C=O) groups is 6. The molecule has 1 aromatic rings. The van der Waals surface area contributed by atoms with Gasteiger partial charge < -0.3 is 47.8 Å². The highest BCUT2D eigenvalue weighted by Crippen LogP contribution is 2.12. The molecule has 0 saturated heterocycles. The van der Waals surface area contributed by atoms with Crippen LogP contribution in [0.3, 0.4) is 0 Å². The van der Waals surface area contributed by atoms with Crippen molar-refractivity contribution in [3.05, 3.63) is 29.8 Å². The Morgan fingerprint density at radius 3 is 1.84 bits per heavy atom. The number of nitrogens with two attached hydrogens (primary N) is 2. The number of aromatic hydroxyl groups is 1. The first-order valence-corrected chi connectivity index (χ1v) is 11.1. The van der Waals surface area contributed by atoms with Crippen molar-refractivity contribution in [2.45, 2.75) is 56.3 Å². The predicted octanol–water partition coefficient (Wildman–Crippen LogP) is -3.08. The second-order valence-corrected chi connectivity index (χ2v) is 8.12. The monoisotopic (exact) mass is 525 g/mol. The van der Waals surface area contributed by atoms with E-state index < -0.39 is 72.8 Å². The minimum atomic E-state index is -1.67. The number of carboxylic acids is 2. The third-order valence-corrected chi connectivity index (χ3v) is 5.12. The molecular formula is C22H31N5O10. The van der Waals surface area contributed by atoms with Crippen LogP contribution in [0.4, 0.5) is 0 Å². The van der Waals surface area contributed by atoms with E-state index >= 15 is 0 Å². The van der Waals surface area contributed by atoms with Gasteiger partial charge >= 0.3 is 11.9 Å². The van der Waals surface area contributed by atoms with E-state index in [4.69, 9.17) is 21.7 Å². The fourth-order valence-electron chi connectivity index (χ4n) is 3.05. The lowest BCUT2D eigenvalue weighted by atomic mass is 10.0. The van der Waals surface area contributed by atoms with Crippen LogP contribution in [0.2, 0.25) is 0 Å². The Kier molecular flexibility index (Phi) is 12.5. The summed E-state index contributed by atoms with van der Waals surface area (Å²) in [6, 6.07) is -0.229. The number of aliphatic hydroxyl groups is 1. The molecule has 1 rings (SSSR count).